The van der Waals surface area contributed by atoms with E-state index in [1.54, 1.807) is 24.3 Å². The van der Waals surface area contributed by atoms with Crippen LogP contribution in [-0.4, -0.2) is 42.9 Å². The van der Waals surface area contributed by atoms with E-state index in [-0.39, 0.29) is 17.7 Å². The van der Waals surface area contributed by atoms with Crippen LogP contribution >= 0.6 is 0 Å². The van der Waals surface area contributed by atoms with Gasteiger partial charge in [-0.1, -0.05) is 25.5 Å². The maximum absolute atomic E-state index is 12.5. The lowest BCUT2D eigenvalue weighted by Gasteiger charge is -2.31. The van der Waals surface area contributed by atoms with Crippen molar-refractivity contribution in [3.05, 3.63) is 29.8 Å². The first kappa shape index (κ1) is 19.0. The summed E-state index contributed by atoms with van der Waals surface area (Å²) in [7, 11) is 1.31. The first-order valence-corrected chi connectivity index (χ1v) is 8.82. The second-order valence-corrected chi connectivity index (χ2v) is 6.29. The number of anilines is 1. The van der Waals surface area contributed by atoms with Gasteiger partial charge in [0.2, 0.25) is 11.8 Å². The second kappa shape index (κ2) is 9.20. The molecule has 136 valence electrons. The van der Waals surface area contributed by atoms with Gasteiger partial charge in [0, 0.05) is 25.4 Å². The number of amides is 2. The van der Waals surface area contributed by atoms with Crippen LogP contribution in [0.5, 0.6) is 0 Å². The third-order valence-corrected chi connectivity index (χ3v) is 4.55. The van der Waals surface area contributed by atoms with Crippen molar-refractivity contribution in [2.45, 2.75) is 39.0 Å². The maximum atomic E-state index is 12.5. The summed E-state index contributed by atoms with van der Waals surface area (Å²) in [6.07, 6.45) is 3.78. The largest absolute Gasteiger partial charge is 0.465 e. The molecule has 6 nitrogen and oxygen atoms in total. The number of carbonyl (C=O) groups is 3. The number of hydrogen-bond donors (Lipinski definition) is 1. The standard InChI is InChI=1S/C19H26N2O4/c1-3-4-9-17(22)21-12-10-14(11-13-21)18(23)20-16-8-6-5-7-15(16)19(24)25-2/h5-8,14H,3-4,9-13H2,1-2H3,(H,20,23). The van der Waals surface area contributed by atoms with Crippen LogP contribution in [0.15, 0.2) is 24.3 Å². The van der Waals surface area contributed by atoms with E-state index in [1.807, 2.05) is 4.90 Å². The predicted octanol–water partition coefficient (Wildman–Crippen LogP) is 2.84. The van der Waals surface area contributed by atoms with Crippen molar-refractivity contribution in [2.75, 3.05) is 25.5 Å². The summed E-state index contributed by atoms with van der Waals surface area (Å²) < 4.78 is 4.74. The summed E-state index contributed by atoms with van der Waals surface area (Å²) in [6, 6.07) is 6.80. The highest BCUT2D eigenvalue weighted by Gasteiger charge is 2.27. The third kappa shape index (κ3) is 5.05. The minimum absolute atomic E-state index is 0.114. The number of likely N-dealkylation sites (tertiary alicyclic amines) is 1. The first-order chi connectivity index (χ1) is 12.1. The molecule has 1 fully saturated rings. The molecule has 0 saturated carbocycles. The molecule has 0 unspecified atom stereocenters. The van der Waals surface area contributed by atoms with Crippen LogP contribution in [-0.2, 0) is 14.3 Å². The van der Waals surface area contributed by atoms with E-state index in [0.29, 0.717) is 43.6 Å². The smallest absolute Gasteiger partial charge is 0.339 e. The summed E-state index contributed by atoms with van der Waals surface area (Å²) in [6.45, 7) is 3.29. The zero-order valence-electron chi connectivity index (χ0n) is 14.9. The van der Waals surface area contributed by atoms with Gasteiger partial charge >= 0.3 is 5.97 Å². The summed E-state index contributed by atoms with van der Waals surface area (Å²) in [5, 5.41) is 2.83. The van der Waals surface area contributed by atoms with Crippen molar-refractivity contribution in [1.29, 1.82) is 0 Å². The van der Waals surface area contributed by atoms with Gasteiger partial charge < -0.3 is 15.0 Å². The van der Waals surface area contributed by atoms with E-state index in [0.717, 1.165) is 12.8 Å². The van der Waals surface area contributed by atoms with Gasteiger partial charge in [0.25, 0.3) is 0 Å². The molecule has 6 heteroatoms. The number of hydrogen-bond acceptors (Lipinski definition) is 4. The monoisotopic (exact) mass is 346 g/mol. The fourth-order valence-corrected chi connectivity index (χ4v) is 2.99. The topological polar surface area (TPSA) is 75.7 Å². The normalized spacial score (nSPS) is 14.9. The molecule has 0 spiro atoms. The highest BCUT2D eigenvalue weighted by Crippen LogP contribution is 2.22. The minimum Gasteiger partial charge on any atom is -0.465 e. The molecule has 0 atom stereocenters. The predicted molar refractivity (Wildman–Crippen MR) is 95.2 cm³/mol. The molecule has 1 aliphatic heterocycles. The molecule has 0 radical (unpaired) electrons. The number of rotatable bonds is 6. The lowest BCUT2D eigenvalue weighted by Crippen LogP contribution is -2.41. The fraction of sp³-hybridized carbons (Fsp3) is 0.526. The molecule has 1 N–H and O–H groups in total. The Bertz CT molecular complexity index is 622. The Balaban J connectivity index is 1.91. The zero-order valence-corrected chi connectivity index (χ0v) is 14.9. The molecule has 2 rings (SSSR count). The van der Waals surface area contributed by atoms with Crippen molar-refractivity contribution in [2.24, 2.45) is 5.92 Å². The van der Waals surface area contributed by atoms with E-state index in [9.17, 15) is 14.4 Å². The molecule has 25 heavy (non-hydrogen) atoms. The Labute approximate surface area is 148 Å². The van der Waals surface area contributed by atoms with Crippen molar-refractivity contribution < 1.29 is 19.1 Å². The number of ether oxygens (including phenoxy) is 1. The number of benzene rings is 1. The summed E-state index contributed by atoms with van der Waals surface area (Å²) in [5.41, 5.74) is 0.798. The fourth-order valence-electron chi connectivity index (χ4n) is 2.99. The molecule has 1 aromatic carbocycles. The van der Waals surface area contributed by atoms with Gasteiger partial charge in [-0.2, -0.15) is 0 Å². The Kier molecular flexibility index (Phi) is 6.98. The van der Waals surface area contributed by atoms with Gasteiger partial charge in [0.05, 0.1) is 18.4 Å². The molecule has 1 aromatic rings. The average Bonchev–Trinajstić information content (AvgIpc) is 2.66. The molecule has 1 saturated heterocycles. The highest BCUT2D eigenvalue weighted by atomic mass is 16.5. The van der Waals surface area contributed by atoms with Crippen molar-refractivity contribution in [1.82, 2.24) is 4.90 Å². The van der Waals surface area contributed by atoms with Gasteiger partial charge in [0.15, 0.2) is 0 Å². The summed E-state index contributed by atoms with van der Waals surface area (Å²) in [4.78, 5) is 38.2. The molecule has 0 aromatic heterocycles. The molecule has 0 bridgehead atoms. The van der Waals surface area contributed by atoms with Crippen molar-refractivity contribution >= 4 is 23.5 Å². The van der Waals surface area contributed by atoms with Crippen LogP contribution in [0.2, 0.25) is 0 Å². The van der Waals surface area contributed by atoms with E-state index in [1.165, 1.54) is 7.11 Å². The summed E-state index contributed by atoms with van der Waals surface area (Å²) in [5.74, 6) is -0.568. The Morgan fingerprint density at radius 1 is 1.20 bits per heavy atom. The van der Waals surface area contributed by atoms with Gasteiger partial charge in [-0.25, -0.2) is 4.79 Å². The Hall–Kier alpha value is -2.37. The number of unbranched alkanes of at least 4 members (excludes halogenated alkanes) is 1. The Morgan fingerprint density at radius 2 is 1.88 bits per heavy atom. The van der Waals surface area contributed by atoms with E-state index >= 15 is 0 Å². The molecule has 0 aliphatic carbocycles. The molecule has 1 aliphatic rings. The zero-order chi connectivity index (χ0) is 18.2. The lowest BCUT2D eigenvalue weighted by atomic mass is 9.95. The molecular formula is C19H26N2O4. The number of piperidine rings is 1. The third-order valence-electron chi connectivity index (χ3n) is 4.55. The molecule has 2 amide bonds. The van der Waals surface area contributed by atoms with Crippen molar-refractivity contribution in [3.63, 3.8) is 0 Å². The van der Waals surface area contributed by atoms with Crippen LogP contribution in [0.4, 0.5) is 5.69 Å². The first-order valence-electron chi connectivity index (χ1n) is 8.82. The average molecular weight is 346 g/mol. The Morgan fingerprint density at radius 3 is 2.52 bits per heavy atom. The van der Waals surface area contributed by atoms with Crippen molar-refractivity contribution in [3.8, 4) is 0 Å². The van der Waals surface area contributed by atoms with E-state index < -0.39 is 5.97 Å². The molecule has 1 heterocycles. The number of carbonyl (C=O) groups excluding carboxylic acids is 3. The number of methoxy groups -OCH3 is 1. The van der Waals surface area contributed by atoms with E-state index in [4.69, 9.17) is 4.74 Å². The highest BCUT2D eigenvalue weighted by molar-refractivity contribution is 6.01. The lowest BCUT2D eigenvalue weighted by molar-refractivity contribution is -0.134. The van der Waals surface area contributed by atoms with Crippen LogP contribution in [0, 0.1) is 5.92 Å². The quantitative estimate of drug-likeness (QED) is 0.804. The maximum Gasteiger partial charge on any atom is 0.339 e. The minimum atomic E-state index is -0.479. The van der Waals surface area contributed by atoms with Gasteiger partial charge in [-0.3, -0.25) is 9.59 Å². The van der Waals surface area contributed by atoms with Gasteiger partial charge in [-0.15, -0.1) is 0 Å². The van der Waals surface area contributed by atoms with Crippen LogP contribution < -0.4 is 5.32 Å². The van der Waals surface area contributed by atoms with Crippen LogP contribution in [0.3, 0.4) is 0 Å². The number of nitrogens with zero attached hydrogens (tertiary/aromatic N) is 1. The number of para-hydroxylation sites is 1. The van der Waals surface area contributed by atoms with Gasteiger partial charge in [-0.05, 0) is 31.4 Å². The molecular weight excluding hydrogens is 320 g/mol. The number of esters is 1. The van der Waals surface area contributed by atoms with Gasteiger partial charge in [0.1, 0.15) is 0 Å². The summed E-state index contributed by atoms with van der Waals surface area (Å²) >= 11 is 0. The van der Waals surface area contributed by atoms with E-state index in [2.05, 4.69) is 12.2 Å². The number of nitrogens with one attached hydrogen (secondary N) is 1. The van der Waals surface area contributed by atoms with Crippen LogP contribution in [0.25, 0.3) is 0 Å². The van der Waals surface area contributed by atoms with Crippen LogP contribution in [0.1, 0.15) is 49.4 Å². The SMILES string of the molecule is CCCCC(=O)N1CCC(C(=O)Nc2ccccc2C(=O)OC)CC1. The second-order valence-electron chi connectivity index (χ2n) is 6.29.